The summed E-state index contributed by atoms with van der Waals surface area (Å²) in [5.41, 5.74) is 5.02. The molecule has 5 atom stereocenters. The molecule has 0 aliphatic heterocycles. The van der Waals surface area contributed by atoms with Crippen LogP contribution in [0.25, 0.3) is 0 Å². The summed E-state index contributed by atoms with van der Waals surface area (Å²) in [6.07, 6.45) is 2.07. The van der Waals surface area contributed by atoms with Gasteiger partial charge >= 0.3 is 23.9 Å². The van der Waals surface area contributed by atoms with Gasteiger partial charge in [0.05, 0.1) is 0 Å². The Bertz CT molecular complexity index is 978. The Morgan fingerprint density at radius 2 is 1.26 bits per heavy atom. The van der Waals surface area contributed by atoms with Crippen LogP contribution in [0.5, 0.6) is 11.5 Å². The van der Waals surface area contributed by atoms with Gasteiger partial charge in [-0.3, -0.25) is 19.2 Å². The predicted octanol–water partition coefficient (Wildman–Crippen LogP) is 5.45. The van der Waals surface area contributed by atoms with Gasteiger partial charge in [0.2, 0.25) is 0 Å². The van der Waals surface area contributed by atoms with E-state index in [4.69, 9.17) is 19.9 Å². The molecule has 1 aromatic carbocycles. The van der Waals surface area contributed by atoms with Gasteiger partial charge in [-0.2, -0.15) is 0 Å². The molecule has 0 saturated carbocycles. The van der Waals surface area contributed by atoms with Gasteiger partial charge in [0.15, 0.2) is 11.5 Å². The van der Waals surface area contributed by atoms with E-state index in [0.29, 0.717) is 5.56 Å². The van der Waals surface area contributed by atoms with Crippen LogP contribution < -0.4 is 15.2 Å². The lowest BCUT2D eigenvalue weighted by Gasteiger charge is -2.28. The summed E-state index contributed by atoms with van der Waals surface area (Å²) in [5, 5.41) is 9.96. The Balaban J connectivity index is 3.18. The van der Waals surface area contributed by atoms with E-state index in [1.807, 2.05) is 41.5 Å². The summed E-state index contributed by atoms with van der Waals surface area (Å²) < 4.78 is 16.5. The molecule has 0 fully saturated rings. The van der Waals surface area contributed by atoms with E-state index in [0.717, 1.165) is 19.3 Å². The molecular formula is C30H47NO8. The van der Waals surface area contributed by atoms with E-state index >= 15 is 0 Å². The van der Waals surface area contributed by atoms with Crippen molar-refractivity contribution < 1.29 is 38.5 Å². The van der Waals surface area contributed by atoms with Gasteiger partial charge in [0, 0.05) is 32.1 Å². The van der Waals surface area contributed by atoms with Crippen molar-refractivity contribution in [3.8, 4) is 11.5 Å². The van der Waals surface area contributed by atoms with Crippen molar-refractivity contribution in [1.82, 2.24) is 0 Å². The summed E-state index contributed by atoms with van der Waals surface area (Å²) in [6.45, 7) is 13.3. The molecule has 0 aliphatic rings. The highest BCUT2D eigenvalue weighted by atomic mass is 16.6. The summed E-state index contributed by atoms with van der Waals surface area (Å²) in [4.78, 5) is 49.4. The minimum atomic E-state index is -1.76. The number of ether oxygens (including phenoxy) is 3. The maximum absolute atomic E-state index is 12.6. The molecule has 0 amide bonds. The molecule has 9 nitrogen and oxygen atoms in total. The minimum absolute atomic E-state index is 0.0269. The van der Waals surface area contributed by atoms with E-state index in [-0.39, 0.29) is 61.4 Å². The fourth-order valence-corrected chi connectivity index (χ4v) is 3.87. The highest BCUT2D eigenvalue weighted by molar-refractivity contribution is 5.80. The minimum Gasteiger partial charge on any atom is -0.480 e. The normalized spacial score (nSPS) is 15.8. The molecule has 0 spiro atoms. The SMILES string of the molecule is CCC(C)CC(=O)Oc1ccc(CC(N)(C[C@H](C)OC(=O)CC(C)CC)C(=O)O)cc1OC(=O)CC(C)CC. The van der Waals surface area contributed by atoms with E-state index in [9.17, 15) is 24.3 Å². The van der Waals surface area contributed by atoms with Crippen LogP contribution in [0, 0.1) is 17.8 Å². The number of aliphatic carboxylic acids is 1. The lowest BCUT2D eigenvalue weighted by atomic mass is 9.86. The molecule has 0 saturated heterocycles. The number of carboxylic acids is 1. The maximum atomic E-state index is 12.6. The molecule has 0 bridgehead atoms. The van der Waals surface area contributed by atoms with Gasteiger partial charge in [-0.25, -0.2) is 0 Å². The van der Waals surface area contributed by atoms with Crippen LogP contribution in [0.3, 0.4) is 0 Å². The Labute approximate surface area is 232 Å². The van der Waals surface area contributed by atoms with Crippen molar-refractivity contribution in [3.05, 3.63) is 23.8 Å². The summed E-state index contributed by atoms with van der Waals surface area (Å²) in [5.74, 6) is -2.11. The maximum Gasteiger partial charge on any atom is 0.324 e. The zero-order valence-corrected chi connectivity index (χ0v) is 24.6. The standard InChI is InChI=1S/C30H47NO8/c1-8-19(4)13-26(32)37-22(7)17-30(31,29(35)36)18-23-11-12-24(38-27(33)14-20(5)9-2)25(16-23)39-28(34)15-21(6)10-3/h11-12,16,19-22H,8-10,13-15,17-18,31H2,1-7H3,(H,35,36)/t19?,20?,21?,22-,30?/m0/s1. The fourth-order valence-electron chi connectivity index (χ4n) is 3.87. The van der Waals surface area contributed by atoms with Crippen molar-refractivity contribution in [2.45, 2.75) is 111 Å². The second-order valence-corrected chi connectivity index (χ2v) is 11.0. The zero-order chi connectivity index (χ0) is 29.8. The third-order valence-corrected chi connectivity index (χ3v) is 7.02. The van der Waals surface area contributed by atoms with E-state index in [1.165, 1.54) is 12.1 Å². The van der Waals surface area contributed by atoms with Crippen molar-refractivity contribution >= 4 is 23.9 Å². The van der Waals surface area contributed by atoms with Crippen LogP contribution in [0.1, 0.15) is 99.0 Å². The van der Waals surface area contributed by atoms with Gasteiger partial charge in [-0.15, -0.1) is 0 Å². The monoisotopic (exact) mass is 549 g/mol. The first kappa shape index (κ1) is 34.1. The summed E-state index contributed by atoms with van der Waals surface area (Å²) in [7, 11) is 0. The molecule has 9 heteroatoms. The van der Waals surface area contributed by atoms with Crippen molar-refractivity contribution in [3.63, 3.8) is 0 Å². The van der Waals surface area contributed by atoms with Crippen LogP contribution >= 0.6 is 0 Å². The van der Waals surface area contributed by atoms with Crippen LogP contribution in [0.15, 0.2) is 18.2 Å². The Hall–Kier alpha value is -2.94. The Morgan fingerprint density at radius 1 is 0.795 bits per heavy atom. The van der Waals surface area contributed by atoms with Gasteiger partial charge < -0.3 is 25.1 Å². The van der Waals surface area contributed by atoms with E-state index in [2.05, 4.69) is 0 Å². The summed E-state index contributed by atoms with van der Waals surface area (Å²) in [6, 6.07) is 4.54. The Kier molecular flexibility index (Phi) is 14.2. The van der Waals surface area contributed by atoms with Crippen LogP contribution in [-0.2, 0) is 30.3 Å². The molecule has 1 aromatic rings. The van der Waals surface area contributed by atoms with Crippen LogP contribution in [0.4, 0.5) is 0 Å². The highest BCUT2D eigenvalue weighted by Gasteiger charge is 2.37. The number of carbonyl (C=O) groups is 4. The quantitative estimate of drug-likeness (QED) is 0.191. The number of nitrogens with two attached hydrogens (primary N) is 1. The zero-order valence-electron chi connectivity index (χ0n) is 24.6. The molecule has 0 aliphatic carbocycles. The number of rotatable bonds is 17. The molecule has 0 heterocycles. The largest absolute Gasteiger partial charge is 0.480 e. The molecule has 1 rings (SSSR count). The first-order valence-corrected chi connectivity index (χ1v) is 14.0. The Morgan fingerprint density at radius 3 is 1.72 bits per heavy atom. The smallest absolute Gasteiger partial charge is 0.324 e. The van der Waals surface area contributed by atoms with Gasteiger partial charge in [0.25, 0.3) is 0 Å². The van der Waals surface area contributed by atoms with Crippen molar-refractivity contribution in [2.75, 3.05) is 0 Å². The average molecular weight is 550 g/mol. The topological polar surface area (TPSA) is 142 Å². The second kappa shape index (κ2) is 16.2. The first-order valence-electron chi connectivity index (χ1n) is 14.0. The molecule has 39 heavy (non-hydrogen) atoms. The number of carbonyl (C=O) groups excluding carboxylic acids is 3. The van der Waals surface area contributed by atoms with Gasteiger partial charge in [0.1, 0.15) is 11.6 Å². The fraction of sp³-hybridized carbons (Fsp3) is 0.667. The number of carboxylic acid groups (broad SMARTS) is 1. The lowest BCUT2D eigenvalue weighted by Crippen LogP contribution is -2.52. The molecule has 0 radical (unpaired) electrons. The van der Waals surface area contributed by atoms with Crippen molar-refractivity contribution in [2.24, 2.45) is 23.5 Å². The van der Waals surface area contributed by atoms with Crippen LogP contribution in [-0.4, -0.2) is 40.6 Å². The predicted molar refractivity (Wildman–Crippen MR) is 148 cm³/mol. The molecule has 220 valence electrons. The van der Waals surface area contributed by atoms with Crippen LogP contribution in [0.2, 0.25) is 0 Å². The third kappa shape index (κ3) is 12.2. The van der Waals surface area contributed by atoms with E-state index in [1.54, 1.807) is 13.0 Å². The van der Waals surface area contributed by atoms with Crippen molar-refractivity contribution in [1.29, 1.82) is 0 Å². The molecule has 0 aromatic heterocycles. The second-order valence-electron chi connectivity index (χ2n) is 11.0. The third-order valence-electron chi connectivity index (χ3n) is 7.02. The lowest BCUT2D eigenvalue weighted by molar-refractivity contribution is -0.154. The summed E-state index contributed by atoms with van der Waals surface area (Å²) >= 11 is 0. The number of esters is 3. The molecular weight excluding hydrogens is 502 g/mol. The first-order chi connectivity index (χ1) is 18.2. The van der Waals surface area contributed by atoms with Gasteiger partial charge in [-0.05, 0) is 42.4 Å². The number of hydrogen-bond acceptors (Lipinski definition) is 8. The number of benzene rings is 1. The average Bonchev–Trinajstić information content (AvgIpc) is 2.84. The van der Waals surface area contributed by atoms with Gasteiger partial charge in [-0.1, -0.05) is 66.9 Å². The highest BCUT2D eigenvalue weighted by Crippen LogP contribution is 2.32. The molecule has 3 N–H and O–H groups in total. The molecule has 4 unspecified atom stereocenters. The number of hydrogen-bond donors (Lipinski definition) is 2. The van der Waals surface area contributed by atoms with E-state index < -0.39 is 35.5 Å².